The van der Waals surface area contributed by atoms with Gasteiger partial charge in [0, 0.05) is 20.9 Å². The van der Waals surface area contributed by atoms with Crippen molar-refractivity contribution in [1.82, 2.24) is 9.55 Å². The highest BCUT2D eigenvalue weighted by molar-refractivity contribution is 9.10. The Hall–Kier alpha value is -4.41. The van der Waals surface area contributed by atoms with Crippen LogP contribution in [-0.4, -0.2) is 35.8 Å². The molecule has 0 aliphatic carbocycles. The van der Waals surface area contributed by atoms with Crippen LogP contribution in [0.3, 0.4) is 0 Å². The lowest BCUT2D eigenvalue weighted by molar-refractivity contribution is -0.139. The van der Waals surface area contributed by atoms with E-state index >= 15 is 0 Å². The quantitative estimate of drug-likeness (QED) is 0.181. The molecule has 0 unspecified atom stereocenters. The Kier molecular flexibility index (Phi) is 8.76. The molecule has 236 valence electrons. The Bertz CT molecular complexity index is 2210. The highest BCUT2D eigenvalue weighted by Crippen LogP contribution is 2.41. The first-order valence-electron chi connectivity index (χ1n) is 15.0. The number of aromatic amines is 1. The lowest BCUT2D eigenvalue weighted by Crippen LogP contribution is -2.40. The third-order valence-electron chi connectivity index (χ3n) is 8.02. The number of thiazole rings is 1. The molecule has 0 fully saturated rings. The molecule has 0 amide bonds. The van der Waals surface area contributed by atoms with Crippen LogP contribution in [0.25, 0.3) is 28.2 Å². The first-order chi connectivity index (χ1) is 22.2. The van der Waals surface area contributed by atoms with Gasteiger partial charge in [-0.3, -0.25) is 9.36 Å². The number of allylic oxidation sites excluding steroid dienone is 1. The van der Waals surface area contributed by atoms with E-state index < -0.39 is 12.0 Å². The smallest absolute Gasteiger partial charge is 0.338 e. The van der Waals surface area contributed by atoms with Crippen LogP contribution in [0.4, 0.5) is 0 Å². The summed E-state index contributed by atoms with van der Waals surface area (Å²) in [6, 6.07) is 17.2. The van der Waals surface area contributed by atoms with Crippen molar-refractivity contribution in [2.24, 2.45) is 4.99 Å². The first kappa shape index (κ1) is 31.6. The number of methoxy groups -OCH3 is 1. The van der Waals surface area contributed by atoms with Gasteiger partial charge in [0.15, 0.2) is 16.3 Å². The third-order valence-corrected chi connectivity index (χ3v) is 9.69. The number of carbonyl (C=O) groups is 1. The van der Waals surface area contributed by atoms with Crippen molar-refractivity contribution in [3.8, 4) is 22.8 Å². The summed E-state index contributed by atoms with van der Waals surface area (Å²) in [5, 5.41) is 1.03. The SMILES string of the molecule is CCOC(=O)C1=C(C)N=c2s/c(=C/c3c(-c4ccccc4)[nH]c4c(C)cc(C)cc34)c(=O)n2[C@@H]1c1cc(OC)c(OCC)cc1Br. The minimum Gasteiger partial charge on any atom is -0.493 e. The maximum absolute atomic E-state index is 14.5. The van der Waals surface area contributed by atoms with Crippen molar-refractivity contribution >= 4 is 50.2 Å². The maximum Gasteiger partial charge on any atom is 0.338 e. The Morgan fingerprint density at radius 2 is 1.83 bits per heavy atom. The van der Waals surface area contributed by atoms with E-state index in [2.05, 4.69) is 59.0 Å². The minimum atomic E-state index is -0.822. The number of nitrogens with zero attached hydrogens (tertiary/aromatic N) is 2. The monoisotopic (exact) mass is 699 g/mol. The molecule has 0 spiro atoms. The standard InChI is InChI=1S/C36H34BrN3O5S/c1-7-44-28-18-26(37)25(16-27(28)43-6)33-30(35(42)45-8-2)21(5)38-36-40(33)34(41)29(46-36)17-24-23-15-19(3)14-20(4)31(23)39-32(24)22-12-10-9-11-13-22/h9-18,33,39H,7-8H2,1-6H3/b29-17+/t33-/m1/s1. The molecule has 1 N–H and O–H groups in total. The second-order valence-electron chi connectivity index (χ2n) is 11.0. The number of ether oxygens (including phenoxy) is 3. The summed E-state index contributed by atoms with van der Waals surface area (Å²) in [5.41, 5.74) is 7.28. The van der Waals surface area contributed by atoms with Gasteiger partial charge in [0.2, 0.25) is 0 Å². The number of aromatic nitrogens is 2. The summed E-state index contributed by atoms with van der Waals surface area (Å²) in [4.78, 5) is 36.9. The Labute approximate surface area is 278 Å². The molecule has 1 aliphatic rings. The fraction of sp³-hybridized carbons (Fsp3) is 0.250. The highest BCUT2D eigenvalue weighted by Gasteiger charge is 2.35. The minimum absolute atomic E-state index is 0.183. The summed E-state index contributed by atoms with van der Waals surface area (Å²) in [6.45, 7) is 10.2. The molecule has 1 atom stereocenters. The summed E-state index contributed by atoms with van der Waals surface area (Å²) in [7, 11) is 1.56. The Morgan fingerprint density at radius 1 is 1.07 bits per heavy atom. The average Bonchev–Trinajstić information content (AvgIpc) is 3.54. The molecular weight excluding hydrogens is 666 g/mol. The number of carbonyl (C=O) groups excluding carboxylic acids is 1. The molecule has 0 radical (unpaired) electrons. The van der Waals surface area contributed by atoms with E-state index in [4.69, 9.17) is 19.2 Å². The Morgan fingerprint density at radius 3 is 2.52 bits per heavy atom. The molecule has 46 heavy (non-hydrogen) atoms. The Balaban J connectivity index is 1.64. The number of hydrogen-bond acceptors (Lipinski definition) is 7. The van der Waals surface area contributed by atoms with E-state index in [0.717, 1.165) is 38.9 Å². The molecular formula is C36H34BrN3O5S. The maximum atomic E-state index is 14.5. The molecule has 6 rings (SSSR count). The van der Waals surface area contributed by atoms with Gasteiger partial charge in [-0.25, -0.2) is 9.79 Å². The van der Waals surface area contributed by atoms with Gasteiger partial charge < -0.3 is 19.2 Å². The van der Waals surface area contributed by atoms with E-state index in [1.54, 1.807) is 37.7 Å². The molecule has 8 nitrogen and oxygen atoms in total. The zero-order chi connectivity index (χ0) is 32.7. The summed E-state index contributed by atoms with van der Waals surface area (Å²) in [6.07, 6.45) is 1.94. The zero-order valence-electron chi connectivity index (χ0n) is 26.5. The lowest BCUT2D eigenvalue weighted by Gasteiger charge is -2.26. The van der Waals surface area contributed by atoms with E-state index in [1.807, 2.05) is 31.2 Å². The predicted molar refractivity (Wildman–Crippen MR) is 185 cm³/mol. The van der Waals surface area contributed by atoms with Crippen molar-refractivity contribution < 1.29 is 19.0 Å². The van der Waals surface area contributed by atoms with E-state index in [9.17, 15) is 9.59 Å². The molecule has 3 aromatic carbocycles. The number of esters is 1. The van der Waals surface area contributed by atoms with Crippen molar-refractivity contribution in [3.05, 3.63) is 112 Å². The number of fused-ring (bicyclic) bond motifs is 2. The second-order valence-corrected chi connectivity index (χ2v) is 12.9. The number of benzene rings is 3. The molecule has 0 saturated heterocycles. The summed E-state index contributed by atoms with van der Waals surface area (Å²) < 4.78 is 19.7. The van der Waals surface area contributed by atoms with Gasteiger partial charge in [0.05, 0.1) is 47.9 Å². The normalized spacial score (nSPS) is 14.8. The van der Waals surface area contributed by atoms with Gasteiger partial charge in [-0.15, -0.1) is 0 Å². The molecule has 5 aromatic rings. The molecule has 2 aromatic heterocycles. The fourth-order valence-electron chi connectivity index (χ4n) is 6.06. The van der Waals surface area contributed by atoms with E-state index in [1.165, 1.54) is 11.3 Å². The van der Waals surface area contributed by atoms with E-state index in [-0.39, 0.29) is 17.7 Å². The van der Waals surface area contributed by atoms with Gasteiger partial charge >= 0.3 is 5.97 Å². The van der Waals surface area contributed by atoms with Crippen molar-refractivity contribution in [2.45, 2.75) is 40.7 Å². The zero-order valence-corrected chi connectivity index (χ0v) is 28.9. The third kappa shape index (κ3) is 5.49. The van der Waals surface area contributed by atoms with Crippen LogP contribution in [0.2, 0.25) is 0 Å². The fourth-order valence-corrected chi connectivity index (χ4v) is 7.63. The van der Waals surface area contributed by atoms with Gasteiger partial charge in [-0.2, -0.15) is 0 Å². The van der Waals surface area contributed by atoms with Gasteiger partial charge in [-0.1, -0.05) is 69.2 Å². The van der Waals surface area contributed by atoms with Crippen LogP contribution in [0.5, 0.6) is 11.5 Å². The van der Waals surface area contributed by atoms with Crippen molar-refractivity contribution in [2.75, 3.05) is 20.3 Å². The van der Waals surface area contributed by atoms with Crippen LogP contribution >= 0.6 is 27.3 Å². The number of rotatable bonds is 8. The molecule has 0 saturated carbocycles. The van der Waals surface area contributed by atoms with Gasteiger partial charge in [0.1, 0.15) is 0 Å². The molecule has 3 heterocycles. The number of aryl methyl sites for hydroxylation is 2. The molecule has 1 aliphatic heterocycles. The van der Waals surface area contributed by atoms with Crippen molar-refractivity contribution in [3.63, 3.8) is 0 Å². The number of halogens is 1. The number of H-pyrrole nitrogens is 1. The van der Waals surface area contributed by atoms with Crippen LogP contribution < -0.4 is 24.4 Å². The lowest BCUT2D eigenvalue weighted by atomic mass is 9.95. The van der Waals surface area contributed by atoms with Gasteiger partial charge in [-0.05, 0) is 75.6 Å². The highest BCUT2D eigenvalue weighted by atomic mass is 79.9. The number of hydrogen-bond donors (Lipinski definition) is 1. The predicted octanol–water partition coefficient (Wildman–Crippen LogP) is 6.73. The van der Waals surface area contributed by atoms with Crippen LogP contribution in [0.1, 0.15) is 49.1 Å². The number of nitrogens with one attached hydrogen (secondary N) is 1. The summed E-state index contributed by atoms with van der Waals surface area (Å²) in [5.74, 6) is 0.499. The summed E-state index contributed by atoms with van der Waals surface area (Å²) >= 11 is 4.99. The molecule has 0 bridgehead atoms. The topological polar surface area (TPSA) is 94.9 Å². The largest absolute Gasteiger partial charge is 0.493 e. The van der Waals surface area contributed by atoms with Crippen LogP contribution in [0, 0.1) is 13.8 Å². The van der Waals surface area contributed by atoms with E-state index in [0.29, 0.717) is 43.2 Å². The van der Waals surface area contributed by atoms with Crippen molar-refractivity contribution in [1.29, 1.82) is 0 Å². The average molecular weight is 701 g/mol. The van der Waals surface area contributed by atoms with Gasteiger partial charge in [0.25, 0.3) is 5.56 Å². The molecule has 10 heteroatoms. The first-order valence-corrected chi connectivity index (χ1v) is 16.7. The van der Waals surface area contributed by atoms with Crippen LogP contribution in [0.15, 0.2) is 80.1 Å². The van der Waals surface area contributed by atoms with Crippen LogP contribution in [-0.2, 0) is 9.53 Å². The second kappa shape index (κ2) is 12.8.